The number of aromatic nitrogens is 2. The second-order valence-electron chi connectivity index (χ2n) is 7.83. The smallest absolute Gasteiger partial charge is 0.282 e. The summed E-state index contributed by atoms with van der Waals surface area (Å²) in [5.41, 5.74) is 1.40. The van der Waals surface area contributed by atoms with Gasteiger partial charge in [-0.1, -0.05) is 52.3 Å². The molecule has 0 saturated heterocycles. The van der Waals surface area contributed by atoms with Gasteiger partial charge in [-0.2, -0.15) is 9.78 Å². The number of para-hydroxylation sites is 1. The molecule has 0 aliphatic rings. The van der Waals surface area contributed by atoms with E-state index in [9.17, 15) is 4.79 Å². The van der Waals surface area contributed by atoms with Crippen molar-refractivity contribution in [3.05, 3.63) is 97.1 Å². The van der Waals surface area contributed by atoms with Crippen molar-refractivity contribution in [1.82, 2.24) is 9.66 Å². The number of benzene rings is 3. The van der Waals surface area contributed by atoms with Crippen LogP contribution in [0, 0.1) is 0 Å². The molecule has 0 amide bonds. The molecule has 0 spiro atoms. The van der Waals surface area contributed by atoms with Crippen molar-refractivity contribution >= 4 is 71.5 Å². The van der Waals surface area contributed by atoms with Gasteiger partial charge in [-0.25, -0.2) is 4.98 Å². The number of methoxy groups -OCH3 is 1. The molecule has 0 aliphatic carbocycles. The lowest BCUT2D eigenvalue weighted by molar-refractivity contribution is 0.326. The zero-order valence-electron chi connectivity index (χ0n) is 19.4. The maximum Gasteiger partial charge on any atom is 0.282 e. The van der Waals surface area contributed by atoms with E-state index in [-0.39, 0.29) is 18.0 Å². The summed E-state index contributed by atoms with van der Waals surface area (Å²) in [6.45, 7) is 3.91. The van der Waals surface area contributed by atoms with Crippen LogP contribution in [-0.2, 0) is 0 Å². The predicted octanol–water partition coefficient (Wildman–Crippen LogP) is 7.44. The normalized spacial score (nSPS) is 11.5. The maximum atomic E-state index is 13.5. The van der Waals surface area contributed by atoms with Crippen LogP contribution in [0.4, 0.5) is 0 Å². The highest BCUT2D eigenvalue weighted by molar-refractivity contribution is 9.10. The first-order valence-electron chi connectivity index (χ1n) is 11.0. The summed E-state index contributed by atoms with van der Waals surface area (Å²) in [5, 5.41) is 6.09. The van der Waals surface area contributed by atoms with Crippen LogP contribution in [0.3, 0.4) is 0 Å². The molecule has 186 valence electrons. The molecule has 0 fully saturated rings. The quantitative estimate of drug-likeness (QED) is 0.136. The Morgan fingerprint density at radius 3 is 2.78 bits per heavy atom. The molecule has 10 heteroatoms. The van der Waals surface area contributed by atoms with Gasteiger partial charge in [0.1, 0.15) is 17.2 Å². The van der Waals surface area contributed by atoms with E-state index in [0.717, 1.165) is 9.86 Å². The molecule has 0 bridgehead atoms. The number of hydrogen-bond donors (Lipinski definition) is 0. The first-order valence-corrected chi connectivity index (χ1v) is 12.9. The Hall–Kier alpha value is -3.40. The van der Waals surface area contributed by atoms with Crippen LogP contribution in [0.15, 0.2) is 90.5 Å². The third-order valence-electron chi connectivity index (χ3n) is 5.49. The third-order valence-corrected chi connectivity index (χ3v) is 7.42. The first-order chi connectivity index (χ1) is 17.9. The minimum absolute atomic E-state index is 0.255. The van der Waals surface area contributed by atoms with E-state index < -0.39 is 0 Å². The van der Waals surface area contributed by atoms with Crippen molar-refractivity contribution in [1.29, 1.82) is 0 Å². The predicted molar refractivity (Wildman–Crippen MR) is 153 cm³/mol. The van der Waals surface area contributed by atoms with Gasteiger partial charge in [0.2, 0.25) is 5.82 Å². The van der Waals surface area contributed by atoms with Gasteiger partial charge in [-0.3, -0.25) is 4.79 Å². The van der Waals surface area contributed by atoms with E-state index in [1.165, 1.54) is 18.0 Å². The summed E-state index contributed by atoms with van der Waals surface area (Å²) >= 11 is 13.5. The van der Waals surface area contributed by atoms with E-state index in [2.05, 4.69) is 43.5 Å². The summed E-state index contributed by atoms with van der Waals surface area (Å²) in [7, 11) is 1.51. The number of halogens is 3. The SMILES string of the molecule is C=CCOc1c(OC)cc(C=Nn2c(-c3cc4cc(Br)ccc4o3)nc3ccccc3c2=O)c(Br)c1Cl. The van der Waals surface area contributed by atoms with Crippen LogP contribution in [0.1, 0.15) is 5.56 Å². The van der Waals surface area contributed by atoms with Gasteiger partial charge in [0, 0.05) is 19.9 Å². The third kappa shape index (κ3) is 4.82. The lowest BCUT2D eigenvalue weighted by Crippen LogP contribution is -2.20. The Bertz CT molecular complexity index is 1760. The second-order valence-corrected chi connectivity index (χ2v) is 9.92. The average Bonchev–Trinajstić information content (AvgIpc) is 3.32. The fraction of sp³-hybridized carbons (Fsp3) is 0.0741. The minimum Gasteiger partial charge on any atom is -0.493 e. The highest BCUT2D eigenvalue weighted by atomic mass is 79.9. The van der Waals surface area contributed by atoms with E-state index in [1.807, 2.05) is 30.3 Å². The summed E-state index contributed by atoms with van der Waals surface area (Å²) < 4.78 is 19.8. The molecule has 7 nitrogen and oxygen atoms in total. The van der Waals surface area contributed by atoms with Crippen LogP contribution < -0.4 is 15.0 Å². The molecular weight excluding hydrogens is 626 g/mol. The summed E-state index contributed by atoms with van der Waals surface area (Å²) in [4.78, 5) is 18.2. The number of nitrogens with zero attached hydrogens (tertiary/aromatic N) is 3. The number of hydrogen-bond acceptors (Lipinski definition) is 6. The molecule has 0 aliphatic heterocycles. The number of rotatable bonds is 7. The van der Waals surface area contributed by atoms with Gasteiger partial charge < -0.3 is 13.9 Å². The molecule has 5 rings (SSSR count). The highest BCUT2D eigenvalue weighted by Gasteiger charge is 2.19. The van der Waals surface area contributed by atoms with Crippen molar-refractivity contribution in [3.8, 4) is 23.1 Å². The number of ether oxygens (including phenoxy) is 2. The molecule has 5 aromatic rings. The van der Waals surface area contributed by atoms with E-state index >= 15 is 0 Å². The molecular formula is C27H18Br2ClN3O4. The molecule has 2 heterocycles. The second kappa shape index (κ2) is 10.5. The van der Waals surface area contributed by atoms with Gasteiger partial charge >= 0.3 is 0 Å². The summed E-state index contributed by atoms with van der Waals surface area (Å²) in [5.74, 6) is 1.43. The number of furan rings is 1. The Morgan fingerprint density at radius 2 is 2.00 bits per heavy atom. The van der Waals surface area contributed by atoms with Crippen LogP contribution >= 0.6 is 43.5 Å². The molecule has 37 heavy (non-hydrogen) atoms. The largest absolute Gasteiger partial charge is 0.493 e. The van der Waals surface area contributed by atoms with Gasteiger partial charge in [-0.05, 0) is 58.4 Å². The van der Waals surface area contributed by atoms with Crippen LogP contribution in [0.5, 0.6) is 11.5 Å². The molecule has 0 N–H and O–H groups in total. The van der Waals surface area contributed by atoms with Crippen molar-refractivity contribution in [3.63, 3.8) is 0 Å². The number of fused-ring (bicyclic) bond motifs is 2. The minimum atomic E-state index is -0.349. The van der Waals surface area contributed by atoms with Gasteiger partial charge in [0.25, 0.3) is 5.56 Å². The van der Waals surface area contributed by atoms with Crippen LogP contribution in [-0.4, -0.2) is 29.6 Å². The fourth-order valence-corrected chi connectivity index (χ4v) is 4.79. The van der Waals surface area contributed by atoms with Gasteiger partial charge in [0.05, 0.1) is 24.2 Å². The van der Waals surface area contributed by atoms with Crippen LogP contribution in [0.2, 0.25) is 5.02 Å². The highest BCUT2D eigenvalue weighted by Crippen LogP contribution is 2.42. The molecule has 3 aromatic carbocycles. The van der Waals surface area contributed by atoms with Crippen LogP contribution in [0.25, 0.3) is 33.5 Å². The Morgan fingerprint density at radius 1 is 1.19 bits per heavy atom. The zero-order chi connectivity index (χ0) is 26.1. The summed E-state index contributed by atoms with van der Waals surface area (Å²) in [6.07, 6.45) is 3.10. The Labute approximate surface area is 233 Å². The van der Waals surface area contributed by atoms with E-state index in [4.69, 9.17) is 30.5 Å². The molecule has 0 saturated carbocycles. The van der Waals surface area contributed by atoms with Gasteiger partial charge in [0.15, 0.2) is 17.3 Å². The van der Waals surface area contributed by atoms with Crippen molar-refractivity contribution < 1.29 is 13.9 Å². The maximum absolute atomic E-state index is 13.5. The average molecular weight is 644 g/mol. The van der Waals surface area contributed by atoms with E-state index in [1.54, 1.807) is 30.3 Å². The lowest BCUT2D eigenvalue weighted by Gasteiger charge is -2.14. The topological polar surface area (TPSA) is 78.8 Å². The summed E-state index contributed by atoms with van der Waals surface area (Å²) in [6, 6.07) is 16.3. The lowest BCUT2D eigenvalue weighted by atomic mass is 10.2. The standard InChI is InChI=1S/C27H18Br2ClN3O4/c1-3-10-36-25-21(35-2)13-16(23(29)24(25)30)14-31-33-26(32-19-7-5-4-6-18(19)27(33)34)22-12-15-11-17(28)8-9-20(15)37-22/h3-9,11-14H,1,10H2,2H3. The monoisotopic (exact) mass is 641 g/mol. The molecule has 2 aromatic heterocycles. The first kappa shape index (κ1) is 25.3. The molecule has 0 unspecified atom stereocenters. The molecule has 0 radical (unpaired) electrons. The Kier molecular flexibility index (Phi) is 7.19. The zero-order valence-corrected chi connectivity index (χ0v) is 23.3. The van der Waals surface area contributed by atoms with E-state index in [0.29, 0.717) is 48.8 Å². The van der Waals surface area contributed by atoms with Crippen molar-refractivity contribution in [2.45, 2.75) is 0 Å². The fourth-order valence-electron chi connectivity index (χ4n) is 3.76. The molecule has 0 atom stereocenters. The Balaban J connectivity index is 1.69. The van der Waals surface area contributed by atoms with Gasteiger partial charge in [-0.15, -0.1) is 0 Å². The van der Waals surface area contributed by atoms with Crippen molar-refractivity contribution in [2.24, 2.45) is 5.10 Å². The van der Waals surface area contributed by atoms with Crippen molar-refractivity contribution in [2.75, 3.05) is 13.7 Å².